The summed E-state index contributed by atoms with van der Waals surface area (Å²) in [6.07, 6.45) is 18.3. The van der Waals surface area contributed by atoms with E-state index < -0.39 is 11.6 Å². The van der Waals surface area contributed by atoms with Gasteiger partial charge in [0.25, 0.3) is 0 Å². The van der Waals surface area contributed by atoms with Crippen LogP contribution in [0.3, 0.4) is 0 Å². The fourth-order valence-corrected chi connectivity index (χ4v) is 7.85. The zero-order chi connectivity index (χ0) is 41.3. The topological polar surface area (TPSA) is 162 Å². The largest absolute Gasteiger partial charge is 0.351 e. The van der Waals surface area contributed by atoms with Crippen LogP contribution in [0, 0.1) is 11.6 Å². The Labute approximate surface area is 345 Å². The summed E-state index contributed by atoms with van der Waals surface area (Å²) in [6, 6.07) is 11.4. The van der Waals surface area contributed by atoms with Crippen LogP contribution in [0.4, 0.5) is 20.7 Å². The molecule has 0 saturated carbocycles. The summed E-state index contributed by atoms with van der Waals surface area (Å²) in [6.45, 7) is 8.39. The molecule has 14 nitrogen and oxygen atoms in total. The van der Waals surface area contributed by atoms with Gasteiger partial charge in [0.15, 0.2) is 22.9 Å². The first kappa shape index (κ1) is 38.7. The van der Waals surface area contributed by atoms with Crippen LogP contribution in [0.25, 0.3) is 34.1 Å². The molecule has 2 atom stereocenters. The molecule has 0 bridgehead atoms. The molecule has 8 heterocycles. The normalized spacial score (nSPS) is 16.1. The van der Waals surface area contributed by atoms with Crippen LogP contribution in [0.2, 0.25) is 0 Å². The highest BCUT2D eigenvalue weighted by Gasteiger charge is 2.25. The third kappa shape index (κ3) is 7.96. The van der Waals surface area contributed by atoms with Crippen molar-refractivity contribution in [3.8, 4) is 22.8 Å². The Hall–Kier alpha value is -6.84. The van der Waals surface area contributed by atoms with Gasteiger partial charge in [0.05, 0.1) is 24.8 Å². The van der Waals surface area contributed by atoms with E-state index in [0.717, 1.165) is 72.3 Å². The van der Waals surface area contributed by atoms with E-state index in [1.165, 1.54) is 35.7 Å². The smallest absolute Gasteiger partial charge is 0.228 e. The fourth-order valence-electron chi connectivity index (χ4n) is 7.85. The quantitative estimate of drug-likeness (QED) is 0.155. The number of aromatic nitrogens is 12. The standard InChI is InChI=1S/2C22H22FN7/c2*1-13(2)18-12-26-30-21(18)28-20(15-8-16(23)11-24-10-15)29-22(30)27-17-5-6-19-14(9-17)4-3-7-25-19/h2*3-4,7-8,10-13,17H,5-6,9H2,1-2H3,(H,27,28,29)/t2*17-/m10/s1. The van der Waals surface area contributed by atoms with Crippen molar-refractivity contribution in [3.63, 3.8) is 0 Å². The number of halogens is 2. The second-order valence-corrected chi connectivity index (χ2v) is 15.9. The molecule has 0 amide bonds. The Morgan fingerprint density at radius 3 is 1.47 bits per heavy atom. The molecule has 10 rings (SSSR count). The molecule has 0 aromatic carbocycles. The molecule has 60 heavy (non-hydrogen) atoms. The van der Waals surface area contributed by atoms with Crippen LogP contribution in [0.1, 0.15) is 86.0 Å². The zero-order valence-corrected chi connectivity index (χ0v) is 33.8. The maximum absolute atomic E-state index is 13.8. The number of rotatable bonds is 8. The predicted octanol–water partition coefficient (Wildman–Crippen LogP) is 7.63. The van der Waals surface area contributed by atoms with Crippen molar-refractivity contribution in [1.82, 2.24) is 59.1 Å². The lowest BCUT2D eigenvalue weighted by Gasteiger charge is -2.25. The molecule has 304 valence electrons. The summed E-state index contributed by atoms with van der Waals surface area (Å²) >= 11 is 0. The molecule has 0 unspecified atom stereocenters. The summed E-state index contributed by atoms with van der Waals surface area (Å²) in [5, 5.41) is 16.2. The Bertz CT molecular complexity index is 2630. The third-order valence-corrected chi connectivity index (χ3v) is 11.0. The number of fused-ring (bicyclic) bond motifs is 4. The van der Waals surface area contributed by atoms with Crippen molar-refractivity contribution in [2.45, 2.75) is 90.1 Å². The Morgan fingerprint density at radius 1 is 0.600 bits per heavy atom. The van der Waals surface area contributed by atoms with E-state index >= 15 is 0 Å². The van der Waals surface area contributed by atoms with Gasteiger partial charge in [-0.15, -0.1) is 0 Å². The number of pyridine rings is 4. The van der Waals surface area contributed by atoms with Crippen molar-refractivity contribution < 1.29 is 8.78 Å². The number of nitrogens with one attached hydrogen (secondary N) is 2. The average molecular weight is 807 g/mol. The summed E-state index contributed by atoms with van der Waals surface area (Å²) in [7, 11) is 0. The first-order valence-electron chi connectivity index (χ1n) is 20.3. The minimum absolute atomic E-state index is 0.199. The van der Waals surface area contributed by atoms with Gasteiger partial charge in [-0.25, -0.2) is 18.7 Å². The molecule has 0 aliphatic heterocycles. The van der Waals surface area contributed by atoms with Crippen LogP contribution in [0.5, 0.6) is 0 Å². The highest BCUT2D eigenvalue weighted by Crippen LogP contribution is 2.29. The van der Waals surface area contributed by atoms with E-state index in [9.17, 15) is 8.78 Å². The van der Waals surface area contributed by atoms with Crippen LogP contribution in [-0.4, -0.2) is 71.2 Å². The molecular formula is C44H44F2N14. The molecular weight excluding hydrogens is 763 g/mol. The number of aryl methyl sites for hydroxylation is 2. The lowest BCUT2D eigenvalue weighted by atomic mass is 9.92. The molecule has 0 spiro atoms. The van der Waals surface area contributed by atoms with Gasteiger partial charge in [0, 0.05) is 70.5 Å². The Kier molecular flexibility index (Phi) is 10.6. The zero-order valence-electron chi connectivity index (χ0n) is 33.8. The van der Waals surface area contributed by atoms with E-state index in [1.807, 2.05) is 36.9 Å². The van der Waals surface area contributed by atoms with Crippen molar-refractivity contribution >= 4 is 23.2 Å². The van der Waals surface area contributed by atoms with Gasteiger partial charge in [-0.1, -0.05) is 39.8 Å². The molecule has 16 heteroatoms. The average Bonchev–Trinajstić information content (AvgIpc) is 3.90. The van der Waals surface area contributed by atoms with Gasteiger partial charge >= 0.3 is 0 Å². The van der Waals surface area contributed by atoms with E-state index in [-0.39, 0.29) is 23.9 Å². The third-order valence-electron chi connectivity index (χ3n) is 11.0. The number of hydrogen-bond acceptors (Lipinski definition) is 12. The summed E-state index contributed by atoms with van der Waals surface area (Å²) in [5.74, 6) is 1.72. The van der Waals surface area contributed by atoms with E-state index in [2.05, 4.69) is 80.6 Å². The molecule has 2 N–H and O–H groups in total. The molecule has 0 fully saturated rings. The van der Waals surface area contributed by atoms with Gasteiger partial charge in [-0.3, -0.25) is 19.9 Å². The van der Waals surface area contributed by atoms with Crippen LogP contribution in [0.15, 0.2) is 86.0 Å². The fraction of sp³-hybridized carbons (Fsp3) is 0.318. The highest BCUT2D eigenvalue weighted by atomic mass is 19.1. The van der Waals surface area contributed by atoms with Crippen LogP contribution >= 0.6 is 0 Å². The van der Waals surface area contributed by atoms with E-state index in [4.69, 9.17) is 19.9 Å². The summed E-state index contributed by atoms with van der Waals surface area (Å²) < 4.78 is 31.0. The minimum Gasteiger partial charge on any atom is -0.351 e. The second kappa shape index (κ2) is 16.4. The number of nitrogens with zero attached hydrogens (tertiary/aromatic N) is 12. The van der Waals surface area contributed by atoms with Crippen molar-refractivity contribution in [2.24, 2.45) is 0 Å². The molecule has 0 radical (unpaired) electrons. The van der Waals surface area contributed by atoms with Crippen molar-refractivity contribution in [3.05, 3.63) is 131 Å². The van der Waals surface area contributed by atoms with E-state index in [1.54, 1.807) is 21.4 Å². The number of hydrogen-bond donors (Lipinski definition) is 2. The number of anilines is 2. The molecule has 8 aromatic heterocycles. The maximum Gasteiger partial charge on any atom is 0.228 e. The predicted molar refractivity (Wildman–Crippen MR) is 223 cm³/mol. The first-order chi connectivity index (χ1) is 29.2. The highest BCUT2D eigenvalue weighted by molar-refractivity contribution is 5.63. The Morgan fingerprint density at radius 2 is 1.05 bits per heavy atom. The molecule has 2 aliphatic rings. The molecule has 0 saturated heterocycles. The van der Waals surface area contributed by atoms with Crippen molar-refractivity contribution in [1.29, 1.82) is 0 Å². The summed E-state index contributed by atoms with van der Waals surface area (Å²) in [4.78, 5) is 35.6. The Balaban J connectivity index is 0.000000154. The van der Waals surface area contributed by atoms with Gasteiger partial charge < -0.3 is 10.6 Å². The van der Waals surface area contributed by atoms with Crippen LogP contribution < -0.4 is 10.6 Å². The van der Waals surface area contributed by atoms with Gasteiger partial charge in [-0.2, -0.15) is 29.2 Å². The van der Waals surface area contributed by atoms with Gasteiger partial charge in [0.1, 0.15) is 11.6 Å². The summed E-state index contributed by atoms with van der Waals surface area (Å²) in [5.41, 5.74) is 9.39. The maximum atomic E-state index is 13.8. The SMILES string of the molecule is CC(C)c1cnn2c(N[C@@H]3CCc4ncccc4C3)nc(-c3cncc(F)c3)nc12.CC(C)c1cnn2c(N[C@H]3CCc4ncccc4C3)nc(-c3cncc(F)c3)nc12. The minimum atomic E-state index is -0.417. The van der Waals surface area contributed by atoms with E-state index in [0.29, 0.717) is 34.7 Å². The monoisotopic (exact) mass is 806 g/mol. The molecule has 8 aromatic rings. The molecule has 2 aliphatic carbocycles. The first-order valence-corrected chi connectivity index (χ1v) is 20.3. The van der Waals surface area contributed by atoms with Crippen molar-refractivity contribution in [2.75, 3.05) is 10.6 Å². The van der Waals surface area contributed by atoms with Gasteiger partial charge in [0.2, 0.25) is 11.9 Å². The van der Waals surface area contributed by atoms with Crippen LogP contribution in [-0.2, 0) is 25.7 Å². The second-order valence-electron chi connectivity index (χ2n) is 15.9. The lowest BCUT2D eigenvalue weighted by Crippen LogP contribution is -2.29. The van der Waals surface area contributed by atoms with Gasteiger partial charge in [-0.05, 0) is 85.8 Å². The lowest BCUT2D eigenvalue weighted by molar-refractivity contribution is 0.591.